The van der Waals surface area contributed by atoms with Crippen LogP contribution < -0.4 is 5.32 Å². The van der Waals surface area contributed by atoms with Crippen LogP contribution in [0.15, 0.2) is 60.7 Å². The van der Waals surface area contributed by atoms with Crippen LogP contribution in [0, 0.1) is 0 Å². The van der Waals surface area contributed by atoms with Crippen molar-refractivity contribution in [3.05, 3.63) is 71.8 Å². The topological polar surface area (TPSA) is 75.6 Å². The number of aliphatic hydroxyl groups is 1. The van der Waals surface area contributed by atoms with Crippen molar-refractivity contribution in [2.45, 2.75) is 25.5 Å². The number of benzene rings is 2. The Morgan fingerprint density at radius 2 is 1.62 bits per heavy atom. The van der Waals surface area contributed by atoms with Crippen molar-refractivity contribution in [3.8, 4) is 0 Å². The highest BCUT2D eigenvalue weighted by atomic mass is 16.5. The molecule has 126 valence electrons. The van der Waals surface area contributed by atoms with E-state index in [4.69, 9.17) is 4.74 Å². The summed E-state index contributed by atoms with van der Waals surface area (Å²) in [6, 6.07) is 16.8. The number of rotatable bonds is 7. The number of carbonyl (C=O) groups excluding carboxylic acids is 2. The van der Waals surface area contributed by atoms with E-state index in [1.54, 1.807) is 31.2 Å². The van der Waals surface area contributed by atoms with Gasteiger partial charge in [-0.2, -0.15) is 0 Å². The Hall–Kier alpha value is -2.66. The van der Waals surface area contributed by atoms with Crippen LogP contribution in [-0.2, 0) is 20.7 Å². The van der Waals surface area contributed by atoms with Crippen molar-refractivity contribution in [3.63, 3.8) is 0 Å². The van der Waals surface area contributed by atoms with Crippen LogP contribution in [0.2, 0.25) is 0 Å². The second kappa shape index (κ2) is 8.84. The Morgan fingerprint density at radius 1 is 1.04 bits per heavy atom. The first-order valence-electron chi connectivity index (χ1n) is 7.84. The van der Waals surface area contributed by atoms with Gasteiger partial charge in [-0.1, -0.05) is 60.7 Å². The van der Waals surface area contributed by atoms with Crippen LogP contribution in [-0.4, -0.2) is 29.6 Å². The molecule has 0 bridgehead atoms. The molecule has 0 radical (unpaired) electrons. The predicted molar refractivity (Wildman–Crippen MR) is 90.1 cm³/mol. The Labute approximate surface area is 141 Å². The number of aliphatic hydroxyl groups excluding tert-OH is 1. The molecule has 2 aromatic carbocycles. The lowest BCUT2D eigenvalue weighted by Crippen LogP contribution is -2.46. The van der Waals surface area contributed by atoms with Crippen LogP contribution in [0.1, 0.15) is 24.2 Å². The Morgan fingerprint density at radius 3 is 2.21 bits per heavy atom. The summed E-state index contributed by atoms with van der Waals surface area (Å²) in [5, 5.41) is 13.1. The molecule has 1 amide bonds. The third-order valence-corrected chi connectivity index (χ3v) is 3.52. The molecule has 0 saturated carbocycles. The standard InChI is InChI=1S/C19H21NO4/c1-2-24-19(23)17(18(22)15-11-7-4-8-12-15)20-16(21)13-14-9-5-3-6-10-14/h3-12,17-18,22H,2,13H2,1H3,(H,20,21). The largest absolute Gasteiger partial charge is 0.464 e. The van der Waals surface area contributed by atoms with Gasteiger partial charge in [0, 0.05) is 0 Å². The Kier molecular flexibility index (Phi) is 6.51. The lowest BCUT2D eigenvalue weighted by atomic mass is 10.0. The van der Waals surface area contributed by atoms with Crippen molar-refractivity contribution >= 4 is 11.9 Å². The van der Waals surface area contributed by atoms with E-state index >= 15 is 0 Å². The van der Waals surface area contributed by atoms with E-state index in [0.717, 1.165) is 5.56 Å². The normalized spacial score (nSPS) is 12.9. The molecule has 0 fully saturated rings. The first-order valence-corrected chi connectivity index (χ1v) is 7.84. The van der Waals surface area contributed by atoms with Gasteiger partial charge >= 0.3 is 5.97 Å². The van der Waals surface area contributed by atoms with Crippen LogP contribution in [0.5, 0.6) is 0 Å². The Balaban J connectivity index is 2.11. The van der Waals surface area contributed by atoms with Crippen molar-refractivity contribution in [1.29, 1.82) is 0 Å². The average Bonchev–Trinajstić information content (AvgIpc) is 2.61. The highest BCUT2D eigenvalue weighted by molar-refractivity contribution is 5.86. The fourth-order valence-corrected chi connectivity index (χ4v) is 2.35. The van der Waals surface area contributed by atoms with E-state index in [2.05, 4.69) is 5.32 Å². The molecule has 0 aliphatic carbocycles. The molecule has 2 atom stereocenters. The summed E-state index contributed by atoms with van der Waals surface area (Å²) in [6.45, 7) is 1.85. The summed E-state index contributed by atoms with van der Waals surface area (Å²) in [5.74, 6) is -1.01. The molecule has 0 aliphatic rings. The van der Waals surface area contributed by atoms with Crippen molar-refractivity contribution in [2.24, 2.45) is 0 Å². The fourth-order valence-electron chi connectivity index (χ4n) is 2.35. The number of nitrogens with one attached hydrogen (secondary N) is 1. The zero-order valence-corrected chi connectivity index (χ0v) is 13.5. The SMILES string of the molecule is CCOC(=O)C(NC(=O)Cc1ccccc1)C(O)c1ccccc1. The van der Waals surface area contributed by atoms with Gasteiger partial charge in [0.2, 0.25) is 5.91 Å². The third-order valence-electron chi connectivity index (χ3n) is 3.52. The van der Waals surface area contributed by atoms with Crippen LogP contribution in [0.25, 0.3) is 0 Å². The van der Waals surface area contributed by atoms with Gasteiger partial charge in [-0.3, -0.25) is 4.79 Å². The van der Waals surface area contributed by atoms with Gasteiger partial charge in [0.15, 0.2) is 6.04 Å². The minimum Gasteiger partial charge on any atom is -0.464 e. The van der Waals surface area contributed by atoms with Crippen LogP contribution in [0.3, 0.4) is 0 Å². The van der Waals surface area contributed by atoms with Crippen molar-refractivity contribution in [1.82, 2.24) is 5.32 Å². The highest BCUT2D eigenvalue weighted by Gasteiger charge is 2.30. The minimum atomic E-state index is -1.18. The average molecular weight is 327 g/mol. The summed E-state index contributed by atoms with van der Waals surface area (Å²) in [4.78, 5) is 24.4. The van der Waals surface area contributed by atoms with Crippen molar-refractivity contribution < 1.29 is 19.4 Å². The highest BCUT2D eigenvalue weighted by Crippen LogP contribution is 2.18. The molecule has 2 unspecified atom stereocenters. The molecule has 0 saturated heterocycles. The molecule has 5 nitrogen and oxygen atoms in total. The zero-order valence-electron chi connectivity index (χ0n) is 13.5. The molecule has 2 aromatic rings. The summed E-state index contributed by atoms with van der Waals surface area (Å²) in [7, 11) is 0. The number of hydrogen-bond donors (Lipinski definition) is 2. The van der Waals surface area contributed by atoms with E-state index < -0.39 is 18.1 Å². The first kappa shape index (κ1) is 17.7. The maximum Gasteiger partial charge on any atom is 0.331 e. The van der Waals surface area contributed by atoms with Crippen molar-refractivity contribution in [2.75, 3.05) is 6.61 Å². The lowest BCUT2D eigenvalue weighted by molar-refractivity contribution is -0.150. The quantitative estimate of drug-likeness (QED) is 0.763. The number of ether oxygens (including phenoxy) is 1. The van der Waals surface area contributed by atoms with Gasteiger partial charge in [-0.05, 0) is 18.1 Å². The number of hydrogen-bond acceptors (Lipinski definition) is 4. The maximum absolute atomic E-state index is 12.2. The molecule has 2 N–H and O–H groups in total. The summed E-state index contributed by atoms with van der Waals surface area (Å²) < 4.78 is 4.98. The smallest absolute Gasteiger partial charge is 0.331 e. The van der Waals surface area contributed by atoms with Gasteiger partial charge < -0.3 is 15.2 Å². The van der Waals surface area contributed by atoms with Crippen LogP contribution >= 0.6 is 0 Å². The maximum atomic E-state index is 12.2. The minimum absolute atomic E-state index is 0.123. The molecule has 24 heavy (non-hydrogen) atoms. The summed E-state index contributed by atoms with van der Waals surface area (Å²) in [6.07, 6.45) is -1.05. The first-order chi connectivity index (χ1) is 11.6. The number of carbonyl (C=O) groups is 2. The second-order valence-corrected chi connectivity index (χ2v) is 5.32. The summed E-state index contributed by atoms with van der Waals surface area (Å²) in [5.41, 5.74) is 1.36. The third kappa shape index (κ3) is 4.93. The van der Waals surface area contributed by atoms with E-state index in [0.29, 0.717) is 5.56 Å². The molecule has 0 heterocycles. The molecule has 5 heteroatoms. The lowest BCUT2D eigenvalue weighted by Gasteiger charge is -2.23. The van der Waals surface area contributed by atoms with Crippen LogP contribution in [0.4, 0.5) is 0 Å². The van der Waals surface area contributed by atoms with Gasteiger partial charge in [0.25, 0.3) is 0 Å². The zero-order chi connectivity index (χ0) is 17.4. The van der Waals surface area contributed by atoms with E-state index in [1.807, 2.05) is 36.4 Å². The molecular weight excluding hydrogens is 306 g/mol. The van der Waals surface area contributed by atoms with E-state index in [-0.39, 0.29) is 18.9 Å². The van der Waals surface area contributed by atoms with Gasteiger partial charge in [0.05, 0.1) is 13.0 Å². The van der Waals surface area contributed by atoms with Gasteiger partial charge in [-0.25, -0.2) is 4.79 Å². The molecule has 0 spiro atoms. The Bertz CT molecular complexity index is 658. The van der Waals surface area contributed by atoms with Gasteiger partial charge in [-0.15, -0.1) is 0 Å². The number of esters is 1. The van der Waals surface area contributed by atoms with E-state index in [1.165, 1.54) is 0 Å². The molecule has 2 rings (SSSR count). The molecule has 0 aromatic heterocycles. The predicted octanol–water partition coefficient (Wildman–Crippen LogP) is 2.01. The fraction of sp³-hybridized carbons (Fsp3) is 0.263. The second-order valence-electron chi connectivity index (χ2n) is 5.32. The summed E-state index contributed by atoms with van der Waals surface area (Å²) >= 11 is 0. The number of amides is 1. The molecular formula is C19H21NO4. The monoisotopic (exact) mass is 327 g/mol. The van der Waals surface area contributed by atoms with Gasteiger partial charge in [0.1, 0.15) is 6.10 Å². The van der Waals surface area contributed by atoms with E-state index in [9.17, 15) is 14.7 Å². The molecule has 0 aliphatic heterocycles.